The van der Waals surface area contributed by atoms with Crippen LogP contribution in [0.1, 0.15) is 5.69 Å². The molecule has 0 aliphatic rings. The van der Waals surface area contributed by atoms with E-state index in [1.807, 2.05) is 47.0 Å². The van der Waals surface area contributed by atoms with Gasteiger partial charge in [-0.3, -0.25) is 5.43 Å². The van der Waals surface area contributed by atoms with Crippen LogP contribution in [0.3, 0.4) is 0 Å². The van der Waals surface area contributed by atoms with Crippen molar-refractivity contribution in [2.75, 3.05) is 0 Å². The van der Waals surface area contributed by atoms with E-state index in [2.05, 4.69) is 29.3 Å². The Morgan fingerprint density at radius 1 is 1.26 bits per heavy atom. The lowest BCUT2D eigenvalue weighted by atomic mass is 10.1. The van der Waals surface area contributed by atoms with Crippen LogP contribution in [-0.4, -0.2) is 15.9 Å². The second kappa shape index (κ2) is 5.97. The van der Waals surface area contributed by atoms with Gasteiger partial charge in [-0.1, -0.05) is 36.9 Å². The van der Waals surface area contributed by atoms with Crippen molar-refractivity contribution in [1.29, 1.82) is 0 Å². The molecule has 0 fully saturated rings. The van der Waals surface area contributed by atoms with Gasteiger partial charge in [0.25, 0.3) is 0 Å². The van der Waals surface area contributed by atoms with Crippen LogP contribution in [0.15, 0.2) is 54.1 Å². The van der Waals surface area contributed by atoms with Gasteiger partial charge in [0.05, 0.1) is 17.6 Å². The van der Waals surface area contributed by atoms with Crippen LogP contribution >= 0.6 is 12.2 Å². The summed E-state index contributed by atoms with van der Waals surface area (Å²) >= 11 is 4.68. The Labute approximate surface area is 117 Å². The Kier molecular flexibility index (Phi) is 4.10. The van der Waals surface area contributed by atoms with Crippen molar-refractivity contribution in [1.82, 2.24) is 9.99 Å². The topological polar surface area (TPSA) is 55.3 Å². The predicted molar refractivity (Wildman–Crippen MR) is 83.8 cm³/mol. The summed E-state index contributed by atoms with van der Waals surface area (Å²) in [5.74, 6) is 0. The summed E-state index contributed by atoms with van der Waals surface area (Å²) in [7, 11) is 0. The third kappa shape index (κ3) is 3.08. The van der Waals surface area contributed by atoms with Crippen molar-refractivity contribution in [2.24, 2.45) is 10.8 Å². The number of nitrogens with two attached hydrogens (primary N) is 1. The molecule has 0 bridgehead atoms. The van der Waals surface area contributed by atoms with Crippen LogP contribution < -0.4 is 11.2 Å². The van der Waals surface area contributed by atoms with E-state index in [0.717, 1.165) is 17.0 Å². The molecule has 3 N–H and O–H groups in total. The van der Waals surface area contributed by atoms with Crippen molar-refractivity contribution in [3.8, 4) is 11.3 Å². The number of benzene rings is 1. The van der Waals surface area contributed by atoms with Crippen molar-refractivity contribution in [3.63, 3.8) is 0 Å². The van der Waals surface area contributed by atoms with E-state index in [4.69, 9.17) is 5.73 Å². The van der Waals surface area contributed by atoms with Crippen molar-refractivity contribution < 1.29 is 0 Å². The number of hydrazone groups is 1. The molecule has 0 spiro atoms. The molecular weight excluding hydrogens is 256 g/mol. The normalized spacial score (nSPS) is 10.5. The predicted octanol–water partition coefficient (Wildman–Crippen LogP) is 2.42. The van der Waals surface area contributed by atoms with E-state index < -0.39 is 0 Å². The van der Waals surface area contributed by atoms with E-state index in [1.165, 1.54) is 0 Å². The monoisotopic (exact) mass is 270 g/mol. The minimum absolute atomic E-state index is 0.135. The Hall–Kier alpha value is -2.40. The highest BCUT2D eigenvalue weighted by Gasteiger charge is 2.05. The number of thiocarbonyl (C=S) groups is 1. The fourth-order valence-corrected chi connectivity index (χ4v) is 1.83. The molecule has 0 amide bonds. The van der Waals surface area contributed by atoms with Crippen LogP contribution in [-0.2, 0) is 0 Å². The number of nitrogens with one attached hydrogen (secondary N) is 1. The van der Waals surface area contributed by atoms with Gasteiger partial charge in [-0.2, -0.15) is 5.10 Å². The fourth-order valence-electron chi connectivity index (χ4n) is 1.78. The summed E-state index contributed by atoms with van der Waals surface area (Å²) in [6.07, 6.45) is 3.39. The van der Waals surface area contributed by atoms with E-state index in [9.17, 15) is 0 Å². The number of hydrogen-bond acceptors (Lipinski definition) is 2. The van der Waals surface area contributed by atoms with Gasteiger partial charge in [-0.05, 0) is 29.9 Å². The van der Waals surface area contributed by atoms with Crippen molar-refractivity contribution >= 4 is 29.7 Å². The van der Waals surface area contributed by atoms with Crippen LogP contribution in [0.5, 0.6) is 0 Å². The molecule has 19 heavy (non-hydrogen) atoms. The molecule has 0 saturated heterocycles. The largest absolute Gasteiger partial charge is 0.375 e. The third-order valence-electron chi connectivity index (χ3n) is 2.57. The van der Waals surface area contributed by atoms with Crippen LogP contribution in [0, 0.1) is 0 Å². The number of aromatic nitrogens is 1. The Bertz CT molecular complexity index is 614. The summed E-state index contributed by atoms with van der Waals surface area (Å²) in [5.41, 5.74) is 10.9. The highest BCUT2D eigenvalue weighted by molar-refractivity contribution is 7.80. The molecule has 2 aromatic rings. The second-order valence-electron chi connectivity index (χ2n) is 3.80. The number of hydrogen-bond donors (Lipinski definition) is 2. The summed E-state index contributed by atoms with van der Waals surface area (Å²) in [6.45, 7) is 3.82. The first-order valence-corrected chi connectivity index (χ1v) is 6.11. The molecule has 5 heteroatoms. The summed E-state index contributed by atoms with van der Waals surface area (Å²) in [6, 6.07) is 14.0. The molecule has 96 valence electrons. The van der Waals surface area contributed by atoms with E-state index in [-0.39, 0.29) is 5.11 Å². The molecule has 1 aromatic heterocycles. The van der Waals surface area contributed by atoms with Gasteiger partial charge in [0.15, 0.2) is 5.11 Å². The van der Waals surface area contributed by atoms with E-state index in [0.29, 0.717) is 0 Å². The summed E-state index contributed by atoms with van der Waals surface area (Å²) < 4.78 is 1.94. The molecule has 0 aliphatic carbocycles. The first kappa shape index (κ1) is 13.0. The molecule has 4 nitrogen and oxygen atoms in total. The standard InChI is InChI=1S/C14H14N4S/c1-2-18-12(10-16-17-14(15)19)8-9-13(18)11-6-4-3-5-7-11/h2-10H,1H2,(H3,15,17,19)/b16-10-. The van der Waals surface area contributed by atoms with E-state index >= 15 is 0 Å². The molecule has 0 unspecified atom stereocenters. The zero-order valence-electron chi connectivity index (χ0n) is 10.3. The fraction of sp³-hybridized carbons (Fsp3) is 0. The average molecular weight is 270 g/mol. The van der Waals surface area contributed by atoms with Crippen molar-refractivity contribution in [3.05, 3.63) is 54.7 Å². The first-order chi connectivity index (χ1) is 9.22. The van der Waals surface area contributed by atoms with Gasteiger partial charge >= 0.3 is 0 Å². The first-order valence-electron chi connectivity index (χ1n) is 5.70. The van der Waals surface area contributed by atoms with E-state index in [1.54, 1.807) is 12.4 Å². The minimum atomic E-state index is 0.135. The van der Waals surface area contributed by atoms with Gasteiger partial charge in [0, 0.05) is 6.20 Å². The van der Waals surface area contributed by atoms with Crippen LogP contribution in [0.4, 0.5) is 0 Å². The molecular formula is C14H14N4S. The number of rotatable bonds is 4. The lowest BCUT2D eigenvalue weighted by Gasteiger charge is -2.06. The quantitative estimate of drug-likeness (QED) is 0.509. The average Bonchev–Trinajstić information content (AvgIpc) is 2.82. The van der Waals surface area contributed by atoms with Crippen LogP contribution in [0.25, 0.3) is 17.5 Å². The van der Waals surface area contributed by atoms with Crippen LogP contribution in [0.2, 0.25) is 0 Å². The zero-order valence-corrected chi connectivity index (χ0v) is 11.1. The molecule has 0 radical (unpaired) electrons. The van der Waals surface area contributed by atoms with Gasteiger partial charge in [0.1, 0.15) is 0 Å². The molecule has 1 heterocycles. The molecule has 0 atom stereocenters. The molecule has 1 aromatic carbocycles. The minimum Gasteiger partial charge on any atom is -0.375 e. The van der Waals surface area contributed by atoms with Gasteiger partial charge in [-0.15, -0.1) is 0 Å². The highest BCUT2D eigenvalue weighted by atomic mass is 32.1. The lowest BCUT2D eigenvalue weighted by Crippen LogP contribution is -2.24. The van der Waals surface area contributed by atoms with Gasteiger partial charge < -0.3 is 10.3 Å². The molecule has 0 saturated carbocycles. The lowest BCUT2D eigenvalue weighted by molar-refractivity contribution is 1.03. The SMILES string of the molecule is C=Cn1c(/C=N\NC(N)=S)ccc1-c1ccccc1. The maximum absolute atomic E-state index is 5.30. The summed E-state index contributed by atoms with van der Waals surface area (Å²) in [5, 5.41) is 4.08. The Balaban J connectivity index is 2.33. The Morgan fingerprint density at radius 3 is 2.63 bits per heavy atom. The maximum Gasteiger partial charge on any atom is 0.184 e. The second-order valence-corrected chi connectivity index (χ2v) is 4.24. The summed E-state index contributed by atoms with van der Waals surface area (Å²) in [4.78, 5) is 0. The number of nitrogens with zero attached hydrogens (tertiary/aromatic N) is 2. The Morgan fingerprint density at radius 2 is 2.00 bits per heavy atom. The highest BCUT2D eigenvalue weighted by Crippen LogP contribution is 2.21. The third-order valence-corrected chi connectivity index (χ3v) is 2.66. The van der Waals surface area contributed by atoms with Gasteiger partial charge in [-0.25, -0.2) is 0 Å². The molecule has 0 aliphatic heterocycles. The maximum atomic E-state index is 5.30. The molecule has 2 rings (SSSR count). The smallest absolute Gasteiger partial charge is 0.184 e. The van der Waals surface area contributed by atoms with Gasteiger partial charge in [0.2, 0.25) is 0 Å². The zero-order chi connectivity index (χ0) is 13.7. The van der Waals surface area contributed by atoms with Crippen molar-refractivity contribution in [2.45, 2.75) is 0 Å².